The molecule has 10 heteroatoms. The lowest BCUT2D eigenvalue weighted by molar-refractivity contribution is 0.399. The number of nitrogens with two attached hydrogens (primary N) is 1. The lowest BCUT2D eigenvalue weighted by Crippen LogP contribution is -2.24. The molecule has 152 valence electrons. The van der Waals surface area contributed by atoms with Gasteiger partial charge in [-0.25, -0.2) is 18.1 Å². The lowest BCUT2D eigenvalue weighted by Gasteiger charge is -2.15. The predicted octanol–water partition coefficient (Wildman–Crippen LogP) is 1.94. The molecular weight excluding hydrogens is 394 g/mol. The van der Waals surface area contributed by atoms with Crippen LogP contribution in [0.25, 0.3) is 22.5 Å². The minimum Gasteiger partial charge on any atom is -0.480 e. The molecule has 9 nitrogen and oxygen atoms in total. The van der Waals surface area contributed by atoms with Crippen LogP contribution in [-0.2, 0) is 9.84 Å². The van der Waals surface area contributed by atoms with Crippen molar-refractivity contribution in [3.05, 3.63) is 46.8 Å². The third-order valence-corrected chi connectivity index (χ3v) is 5.34. The standard InChI is InChI=1S/C19H21N5O4S/c1-11(2)24-15(25)10-9-14(23-24)16-17(21-19(20)22-18(16)28-3)12-5-7-13(8-6-12)29(4,26)27/h5-11H,1-4H3,(H2,20,21,22). The Morgan fingerprint density at radius 2 is 1.72 bits per heavy atom. The van der Waals surface area contributed by atoms with Crippen molar-refractivity contribution in [2.75, 3.05) is 19.1 Å². The van der Waals surface area contributed by atoms with E-state index in [9.17, 15) is 13.2 Å². The molecule has 0 aliphatic rings. The second-order valence-corrected chi connectivity index (χ2v) is 8.72. The Morgan fingerprint density at radius 1 is 1.07 bits per heavy atom. The minimum atomic E-state index is -3.34. The summed E-state index contributed by atoms with van der Waals surface area (Å²) < 4.78 is 30.2. The van der Waals surface area contributed by atoms with Crippen molar-refractivity contribution in [2.45, 2.75) is 24.8 Å². The van der Waals surface area contributed by atoms with Crippen LogP contribution < -0.4 is 16.0 Å². The molecule has 3 aromatic rings. The summed E-state index contributed by atoms with van der Waals surface area (Å²) in [5, 5.41) is 4.43. The van der Waals surface area contributed by atoms with Crippen LogP contribution in [0.3, 0.4) is 0 Å². The zero-order valence-electron chi connectivity index (χ0n) is 16.4. The maximum atomic E-state index is 12.1. The van der Waals surface area contributed by atoms with Gasteiger partial charge >= 0.3 is 0 Å². The molecule has 0 amide bonds. The first-order chi connectivity index (χ1) is 13.6. The van der Waals surface area contributed by atoms with Crippen molar-refractivity contribution in [1.29, 1.82) is 0 Å². The first-order valence-electron chi connectivity index (χ1n) is 8.74. The zero-order chi connectivity index (χ0) is 21.3. The van der Waals surface area contributed by atoms with E-state index in [1.54, 1.807) is 18.2 Å². The molecule has 0 aliphatic carbocycles. The van der Waals surface area contributed by atoms with Crippen LogP contribution in [0.2, 0.25) is 0 Å². The van der Waals surface area contributed by atoms with Gasteiger partial charge in [0.25, 0.3) is 5.56 Å². The highest BCUT2D eigenvalue weighted by atomic mass is 32.2. The van der Waals surface area contributed by atoms with E-state index >= 15 is 0 Å². The summed E-state index contributed by atoms with van der Waals surface area (Å²) in [4.78, 5) is 20.7. The number of methoxy groups -OCH3 is 1. The van der Waals surface area contributed by atoms with Gasteiger partial charge in [0.2, 0.25) is 11.8 Å². The fourth-order valence-electron chi connectivity index (χ4n) is 2.83. The number of hydrogen-bond donors (Lipinski definition) is 1. The number of benzene rings is 1. The Labute approximate surface area is 168 Å². The smallest absolute Gasteiger partial charge is 0.267 e. The fraction of sp³-hybridized carbons (Fsp3) is 0.263. The number of aromatic nitrogens is 4. The average molecular weight is 415 g/mol. The van der Waals surface area contributed by atoms with Gasteiger partial charge in [0.15, 0.2) is 9.84 Å². The number of sulfone groups is 1. The maximum absolute atomic E-state index is 12.1. The van der Waals surface area contributed by atoms with Crippen LogP contribution in [0.5, 0.6) is 5.88 Å². The summed E-state index contributed by atoms with van der Waals surface area (Å²) in [5.74, 6) is 0.186. The van der Waals surface area contributed by atoms with Crippen LogP contribution >= 0.6 is 0 Å². The number of nitrogen functional groups attached to an aromatic ring is 1. The van der Waals surface area contributed by atoms with Crippen LogP contribution in [0.15, 0.2) is 46.1 Å². The van der Waals surface area contributed by atoms with Crippen molar-refractivity contribution in [3.8, 4) is 28.4 Å². The van der Waals surface area contributed by atoms with E-state index < -0.39 is 9.84 Å². The van der Waals surface area contributed by atoms with E-state index in [2.05, 4.69) is 15.1 Å². The van der Waals surface area contributed by atoms with Crippen LogP contribution in [0.1, 0.15) is 19.9 Å². The topological polar surface area (TPSA) is 130 Å². The summed E-state index contributed by atoms with van der Waals surface area (Å²) >= 11 is 0. The molecule has 2 N–H and O–H groups in total. The highest BCUT2D eigenvalue weighted by molar-refractivity contribution is 7.90. The Balaban J connectivity index is 2.28. The maximum Gasteiger partial charge on any atom is 0.267 e. The van der Waals surface area contributed by atoms with Crippen molar-refractivity contribution in [3.63, 3.8) is 0 Å². The molecule has 0 atom stereocenters. The molecule has 0 aliphatic heterocycles. The largest absolute Gasteiger partial charge is 0.480 e. The molecule has 29 heavy (non-hydrogen) atoms. The molecule has 0 spiro atoms. The normalized spacial score (nSPS) is 11.6. The van der Waals surface area contributed by atoms with Crippen molar-refractivity contribution < 1.29 is 13.2 Å². The quantitative estimate of drug-likeness (QED) is 0.669. The molecule has 3 rings (SSSR count). The number of hydrogen-bond acceptors (Lipinski definition) is 8. The van der Waals surface area contributed by atoms with Crippen molar-refractivity contribution in [2.24, 2.45) is 0 Å². The lowest BCUT2D eigenvalue weighted by atomic mass is 10.0. The van der Waals surface area contributed by atoms with E-state index in [1.165, 1.54) is 30.0 Å². The van der Waals surface area contributed by atoms with E-state index in [4.69, 9.17) is 10.5 Å². The van der Waals surface area contributed by atoms with Gasteiger partial charge < -0.3 is 10.5 Å². The minimum absolute atomic E-state index is 0.00929. The molecule has 0 bridgehead atoms. The first kappa shape index (κ1) is 20.5. The van der Waals surface area contributed by atoms with E-state index in [0.717, 1.165) is 6.26 Å². The second kappa shape index (κ2) is 7.63. The number of rotatable bonds is 5. The van der Waals surface area contributed by atoms with Gasteiger partial charge in [-0.15, -0.1) is 0 Å². The third-order valence-electron chi connectivity index (χ3n) is 4.21. The van der Waals surface area contributed by atoms with Crippen LogP contribution in [-0.4, -0.2) is 41.5 Å². The third kappa shape index (κ3) is 4.11. The monoisotopic (exact) mass is 415 g/mol. The SMILES string of the molecule is COc1nc(N)nc(-c2ccc(S(C)(=O)=O)cc2)c1-c1ccc(=O)n(C(C)C)n1. The highest BCUT2D eigenvalue weighted by Crippen LogP contribution is 2.36. The van der Waals surface area contributed by atoms with Gasteiger partial charge in [-0.1, -0.05) is 12.1 Å². The molecule has 0 fully saturated rings. The Kier molecular flexibility index (Phi) is 5.38. The Bertz CT molecular complexity index is 1220. The molecule has 0 unspecified atom stereocenters. The summed E-state index contributed by atoms with van der Waals surface area (Å²) in [7, 11) is -1.89. The Hall–Kier alpha value is -3.27. The van der Waals surface area contributed by atoms with Gasteiger partial charge in [0, 0.05) is 17.9 Å². The van der Waals surface area contributed by atoms with Crippen molar-refractivity contribution >= 4 is 15.8 Å². The van der Waals surface area contributed by atoms with Crippen LogP contribution in [0, 0.1) is 0 Å². The predicted molar refractivity (Wildman–Crippen MR) is 109 cm³/mol. The van der Waals surface area contributed by atoms with Gasteiger partial charge in [-0.2, -0.15) is 10.1 Å². The molecule has 0 radical (unpaired) electrons. The summed E-state index contributed by atoms with van der Waals surface area (Å²) in [6.45, 7) is 3.69. The molecular formula is C19H21N5O4S. The molecule has 1 aromatic carbocycles. The average Bonchev–Trinajstić information content (AvgIpc) is 2.67. The van der Waals surface area contributed by atoms with E-state index in [1.807, 2.05) is 13.8 Å². The molecule has 0 saturated carbocycles. The number of ether oxygens (including phenoxy) is 1. The summed E-state index contributed by atoms with van der Waals surface area (Å²) in [6, 6.07) is 9.05. The van der Waals surface area contributed by atoms with Gasteiger partial charge in [0.1, 0.15) is 0 Å². The van der Waals surface area contributed by atoms with Gasteiger partial charge in [0.05, 0.1) is 35.0 Å². The van der Waals surface area contributed by atoms with Crippen molar-refractivity contribution in [1.82, 2.24) is 19.7 Å². The first-order valence-corrected chi connectivity index (χ1v) is 10.6. The molecule has 0 saturated heterocycles. The summed E-state index contributed by atoms with van der Waals surface area (Å²) in [5.41, 5.74) is 7.50. The molecule has 2 aromatic heterocycles. The Morgan fingerprint density at radius 3 is 2.28 bits per heavy atom. The second-order valence-electron chi connectivity index (χ2n) is 6.71. The van der Waals surface area contributed by atoms with Gasteiger partial charge in [-0.3, -0.25) is 4.79 Å². The zero-order valence-corrected chi connectivity index (χ0v) is 17.3. The van der Waals surface area contributed by atoms with E-state index in [0.29, 0.717) is 22.5 Å². The fourth-order valence-corrected chi connectivity index (χ4v) is 3.46. The van der Waals surface area contributed by atoms with Gasteiger partial charge in [-0.05, 0) is 32.0 Å². The number of nitrogens with zero attached hydrogens (tertiary/aromatic N) is 4. The summed E-state index contributed by atoms with van der Waals surface area (Å²) in [6.07, 6.45) is 1.14. The molecule has 2 heterocycles. The van der Waals surface area contributed by atoms with Crippen LogP contribution in [0.4, 0.5) is 5.95 Å². The highest BCUT2D eigenvalue weighted by Gasteiger charge is 2.21. The number of anilines is 1. The van der Waals surface area contributed by atoms with E-state index in [-0.39, 0.29) is 28.3 Å².